The van der Waals surface area contributed by atoms with Crippen molar-refractivity contribution < 1.29 is 9.66 Å². The lowest BCUT2D eigenvalue weighted by Gasteiger charge is -2.05. The van der Waals surface area contributed by atoms with Crippen LogP contribution in [-0.4, -0.2) is 41.4 Å². The first-order chi connectivity index (χ1) is 8.20. The van der Waals surface area contributed by atoms with Crippen molar-refractivity contribution in [3.05, 3.63) is 16.4 Å². The van der Waals surface area contributed by atoms with Crippen LogP contribution >= 0.6 is 11.8 Å². The monoisotopic (exact) mass is 258 g/mol. The second kappa shape index (κ2) is 7.02. The van der Waals surface area contributed by atoms with Crippen molar-refractivity contribution in [3.8, 4) is 0 Å². The molecule has 0 aliphatic rings. The molecule has 8 heteroatoms. The summed E-state index contributed by atoms with van der Waals surface area (Å²) < 4.78 is 4.91. The van der Waals surface area contributed by atoms with E-state index >= 15 is 0 Å². The molecule has 0 aliphatic carbocycles. The Hall–Kier alpha value is -1.41. The van der Waals surface area contributed by atoms with Crippen LogP contribution in [0.15, 0.2) is 11.4 Å². The number of anilines is 1. The number of nitrogens with zero attached hydrogens (tertiary/aromatic N) is 3. The number of nitrogens with one attached hydrogen (secondary N) is 1. The number of hydrogen-bond donors (Lipinski definition) is 1. The van der Waals surface area contributed by atoms with Crippen LogP contribution in [0.1, 0.15) is 6.42 Å². The van der Waals surface area contributed by atoms with Crippen LogP contribution in [-0.2, 0) is 4.74 Å². The highest BCUT2D eigenvalue weighted by molar-refractivity contribution is 7.99. The molecule has 1 aromatic heterocycles. The number of hydrogen-bond acceptors (Lipinski definition) is 7. The molecule has 1 N–H and O–H groups in total. The number of methoxy groups -OCH3 is 1. The van der Waals surface area contributed by atoms with E-state index in [1.807, 2.05) is 0 Å². The zero-order valence-electron chi connectivity index (χ0n) is 9.67. The van der Waals surface area contributed by atoms with Crippen LogP contribution in [0.5, 0.6) is 0 Å². The zero-order valence-corrected chi connectivity index (χ0v) is 10.5. The minimum absolute atomic E-state index is 0.0718. The normalized spacial score (nSPS) is 10.2. The van der Waals surface area contributed by atoms with Gasteiger partial charge in [-0.1, -0.05) is 11.8 Å². The Morgan fingerprint density at radius 2 is 2.35 bits per heavy atom. The first kappa shape index (κ1) is 13.7. The summed E-state index contributed by atoms with van der Waals surface area (Å²) in [6, 6.07) is 0. The van der Waals surface area contributed by atoms with Gasteiger partial charge in [-0.15, -0.1) is 0 Å². The van der Waals surface area contributed by atoms with Crippen molar-refractivity contribution >= 4 is 23.3 Å². The van der Waals surface area contributed by atoms with Crippen molar-refractivity contribution in [2.75, 3.05) is 31.8 Å². The van der Waals surface area contributed by atoms with Crippen LogP contribution in [0.4, 0.5) is 11.5 Å². The molecule has 1 heterocycles. The highest BCUT2D eigenvalue weighted by atomic mass is 32.2. The molecular weight excluding hydrogens is 244 g/mol. The third kappa shape index (κ3) is 3.82. The van der Waals surface area contributed by atoms with E-state index in [1.54, 1.807) is 14.2 Å². The maximum Gasteiger partial charge on any atom is 0.343 e. The third-order valence-electron chi connectivity index (χ3n) is 1.94. The van der Waals surface area contributed by atoms with Gasteiger partial charge in [-0.3, -0.25) is 10.1 Å². The Labute approximate surface area is 103 Å². The predicted molar refractivity (Wildman–Crippen MR) is 65.5 cm³/mol. The molecule has 0 radical (unpaired) electrons. The molecule has 0 unspecified atom stereocenters. The summed E-state index contributed by atoms with van der Waals surface area (Å²) in [5, 5.41) is 14.0. The van der Waals surface area contributed by atoms with E-state index in [0.717, 1.165) is 12.2 Å². The summed E-state index contributed by atoms with van der Waals surface area (Å²) >= 11 is 1.33. The lowest BCUT2D eigenvalue weighted by molar-refractivity contribution is -0.387. The van der Waals surface area contributed by atoms with E-state index < -0.39 is 4.92 Å². The van der Waals surface area contributed by atoms with Gasteiger partial charge in [0.1, 0.15) is 6.33 Å². The molecule has 0 bridgehead atoms. The lowest BCUT2D eigenvalue weighted by atomic mass is 10.5. The predicted octanol–water partition coefficient (Wildman–Crippen LogP) is 1.56. The molecule has 0 saturated carbocycles. The van der Waals surface area contributed by atoms with Crippen molar-refractivity contribution in [2.45, 2.75) is 11.4 Å². The molecule has 7 nitrogen and oxygen atoms in total. The number of ether oxygens (including phenoxy) is 1. The Morgan fingerprint density at radius 3 is 2.94 bits per heavy atom. The van der Waals surface area contributed by atoms with Crippen molar-refractivity contribution in [2.24, 2.45) is 0 Å². The summed E-state index contributed by atoms with van der Waals surface area (Å²) in [6.07, 6.45) is 2.13. The average Bonchev–Trinajstić information content (AvgIpc) is 2.33. The topological polar surface area (TPSA) is 90.2 Å². The lowest BCUT2D eigenvalue weighted by Crippen LogP contribution is -2.03. The fraction of sp³-hybridized carbons (Fsp3) is 0.556. The molecule has 0 atom stereocenters. The van der Waals surface area contributed by atoms with Gasteiger partial charge in [-0.2, -0.15) is 0 Å². The summed E-state index contributed by atoms with van der Waals surface area (Å²) in [4.78, 5) is 18.2. The molecule has 1 aromatic rings. The Morgan fingerprint density at radius 1 is 1.59 bits per heavy atom. The molecule has 0 aromatic carbocycles. The smallest absolute Gasteiger partial charge is 0.343 e. The second-order valence-corrected chi connectivity index (χ2v) is 4.16. The fourth-order valence-corrected chi connectivity index (χ4v) is 2.07. The maximum atomic E-state index is 10.9. The molecule has 0 amide bonds. The van der Waals surface area contributed by atoms with E-state index in [1.165, 1.54) is 18.1 Å². The maximum absolute atomic E-state index is 10.9. The molecular formula is C9H14N4O3S. The van der Waals surface area contributed by atoms with Crippen LogP contribution in [0.3, 0.4) is 0 Å². The van der Waals surface area contributed by atoms with Gasteiger partial charge in [-0.25, -0.2) is 9.97 Å². The standard InChI is InChI=1S/C9H14N4O3S/c1-10-8-7(13(14)15)9(12-6-11-8)17-5-3-4-16-2/h6H,3-5H2,1-2H3,(H,10,11,12). The van der Waals surface area contributed by atoms with E-state index in [0.29, 0.717) is 11.6 Å². The molecule has 94 valence electrons. The van der Waals surface area contributed by atoms with Gasteiger partial charge in [0.15, 0.2) is 5.03 Å². The van der Waals surface area contributed by atoms with Crippen molar-refractivity contribution in [1.29, 1.82) is 0 Å². The van der Waals surface area contributed by atoms with E-state index in [-0.39, 0.29) is 11.5 Å². The number of aromatic nitrogens is 2. The summed E-state index contributed by atoms with van der Waals surface area (Å²) in [7, 11) is 3.21. The minimum atomic E-state index is -0.468. The SMILES string of the molecule is CNc1ncnc(SCCCOC)c1[N+](=O)[O-]. The Kier molecular flexibility index (Phi) is 5.64. The van der Waals surface area contributed by atoms with Crippen LogP contribution in [0, 0.1) is 10.1 Å². The van der Waals surface area contributed by atoms with E-state index in [2.05, 4.69) is 15.3 Å². The fourth-order valence-electron chi connectivity index (χ4n) is 1.19. The quantitative estimate of drug-likeness (QED) is 0.261. The van der Waals surface area contributed by atoms with Gasteiger partial charge in [0, 0.05) is 26.5 Å². The van der Waals surface area contributed by atoms with Gasteiger partial charge in [0.05, 0.1) is 4.92 Å². The van der Waals surface area contributed by atoms with Crippen LogP contribution in [0.2, 0.25) is 0 Å². The van der Waals surface area contributed by atoms with Gasteiger partial charge >= 0.3 is 5.69 Å². The van der Waals surface area contributed by atoms with Crippen molar-refractivity contribution in [3.63, 3.8) is 0 Å². The number of thioether (sulfide) groups is 1. The summed E-state index contributed by atoms with van der Waals surface area (Å²) in [5.74, 6) is 0.953. The van der Waals surface area contributed by atoms with Crippen molar-refractivity contribution in [1.82, 2.24) is 9.97 Å². The summed E-state index contributed by atoms with van der Waals surface area (Å²) in [5.41, 5.74) is -0.0718. The van der Waals surface area contributed by atoms with Gasteiger partial charge < -0.3 is 10.1 Å². The molecule has 0 fully saturated rings. The molecule has 0 saturated heterocycles. The minimum Gasteiger partial charge on any atom is -0.385 e. The van der Waals surface area contributed by atoms with Crippen LogP contribution in [0.25, 0.3) is 0 Å². The number of nitro groups is 1. The Balaban J connectivity index is 2.79. The van der Waals surface area contributed by atoms with Crippen LogP contribution < -0.4 is 5.32 Å². The first-order valence-corrected chi connectivity index (χ1v) is 5.98. The largest absolute Gasteiger partial charge is 0.385 e. The first-order valence-electron chi connectivity index (χ1n) is 4.99. The van der Waals surface area contributed by atoms with Gasteiger partial charge in [0.2, 0.25) is 5.82 Å². The third-order valence-corrected chi connectivity index (χ3v) is 3.00. The zero-order chi connectivity index (χ0) is 12.7. The average molecular weight is 258 g/mol. The highest BCUT2D eigenvalue weighted by Gasteiger charge is 2.21. The molecule has 0 aliphatic heterocycles. The second-order valence-electron chi connectivity index (χ2n) is 3.08. The molecule has 17 heavy (non-hydrogen) atoms. The number of rotatable bonds is 7. The molecule has 1 rings (SSSR count). The van der Waals surface area contributed by atoms with E-state index in [9.17, 15) is 10.1 Å². The highest BCUT2D eigenvalue weighted by Crippen LogP contribution is 2.31. The summed E-state index contributed by atoms with van der Waals surface area (Å²) in [6.45, 7) is 0.630. The van der Waals surface area contributed by atoms with Gasteiger partial charge in [0.25, 0.3) is 0 Å². The van der Waals surface area contributed by atoms with Gasteiger partial charge in [-0.05, 0) is 6.42 Å². The Bertz CT molecular complexity index is 389. The molecule has 0 spiro atoms. The van der Waals surface area contributed by atoms with E-state index in [4.69, 9.17) is 4.74 Å².